The van der Waals surface area contributed by atoms with E-state index in [2.05, 4.69) is 30.0 Å². The molecule has 1 aliphatic heterocycles. The molecule has 2 aromatic rings. The maximum absolute atomic E-state index is 11.8. The summed E-state index contributed by atoms with van der Waals surface area (Å²) >= 11 is 0. The predicted octanol–water partition coefficient (Wildman–Crippen LogP) is 2.85. The number of anilines is 1. The molecule has 1 aliphatic rings. The third-order valence-corrected chi connectivity index (χ3v) is 5.43. The van der Waals surface area contributed by atoms with Crippen LogP contribution < -0.4 is 10.0 Å². The second-order valence-electron chi connectivity index (χ2n) is 5.96. The van der Waals surface area contributed by atoms with Crippen molar-refractivity contribution >= 4 is 15.7 Å². The molecule has 0 bridgehead atoms. The van der Waals surface area contributed by atoms with E-state index >= 15 is 0 Å². The van der Waals surface area contributed by atoms with Crippen molar-refractivity contribution in [1.29, 1.82) is 0 Å². The van der Waals surface area contributed by atoms with Gasteiger partial charge in [0.15, 0.2) is 0 Å². The van der Waals surface area contributed by atoms with Crippen molar-refractivity contribution in [1.82, 2.24) is 0 Å². The topological polar surface area (TPSA) is 63.4 Å². The molecule has 0 aromatic heterocycles. The largest absolute Gasteiger partial charge is 0.367 e. The lowest BCUT2D eigenvalue weighted by Gasteiger charge is -2.33. The normalized spacial score (nSPS) is 14.6. The van der Waals surface area contributed by atoms with Gasteiger partial charge in [0.05, 0.1) is 4.90 Å². The molecule has 0 aliphatic carbocycles. The van der Waals surface area contributed by atoms with Crippen LogP contribution in [0.5, 0.6) is 0 Å². The number of benzene rings is 2. The molecule has 1 heterocycles. The number of nitrogens with two attached hydrogens (primary N) is 1. The lowest BCUT2D eigenvalue weighted by molar-refractivity contribution is 0.595. The minimum atomic E-state index is -3.70. The van der Waals surface area contributed by atoms with Gasteiger partial charge in [-0.15, -0.1) is 0 Å². The quantitative estimate of drug-likeness (QED) is 0.937. The lowest BCUT2D eigenvalue weighted by Crippen LogP contribution is -2.31. The first-order valence-electron chi connectivity index (χ1n) is 7.97. The molecular weight excluding hydrogens is 308 g/mol. The molecule has 0 saturated carbocycles. The van der Waals surface area contributed by atoms with Gasteiger partial charge in [-0.05, 0) is 42.0 Å². The molecule has 0 saturated heterocycles. The number of nitrogens with zero attached hydrogens (tertiary/aromatic N) is 1. The molecule has 0 fully saturated rings. The molecule has 2 N–H and O–H groups in total. The van der Waals surface area contributed by atoms with E-state index in [1.54, 1.807) is 12.1 Å². The Kier molecular flexibility index (Phi) is 4.41. The number of aryl methyl sites for hydroxylation is 2. The van der Waals surface area contributed by atoms with Gasteiger partial charge < -0.3 is 4.90 Å². The van der Waals surface area contributed by atoms with Crippen LogP contribution in [0.25, 0.3) is 0 Å². The number of primary sulfonamides is 1. The van der Waals surface area contributed by atoms with Crippen molar-refractivity contribution in [3.8, 4) is 0 Å². The Balaban J connectivity index is 2.01. The van der Waals surface area contributed by atoms with Gasteiger partial charge in [0.2, 0.25) is 10.0 Å². The highest BCUT2D eigenvalue weighted by Crippen LogP contribution is 2.33. The molecule has 23 heavy (non-hydrogen) atoms. The summed E-state index contributed by atoms with van der Waals surface area (Å²) in [7, 11) is -3.70. The first kappa shape index (κ1) is 16.0. The van der Waals surface area contributed by atoms with Crippen LogP contribution in [0.1, 0.15) is 30.0 Å². The zero-order valence-corrected chi connectivity index (χ0v) is 14.1. The number of para-hydroxylation sites is 1. The van der Waals surface area contributed by atoms with Gasteiger partial charge in [0.25, 0.3) is 0 Å². The zero-order chi connectivity index (χ0) is 16.4. The molecule has 122 valence electrons. The molecule has 0 amide bonds. The smallest absolute Gasteiger partial charge is 0.238 e. The number of hydrogen-bond donors (Lipinski definition) is 1. The van der Waals surface area contributed by atoms with Crippen LogP contribution in [0.2, 0.25) is 0 Å². The molecule has 0 unspecified atom stereocenters. The fraction of sp³-hybridized carbons (Fsp3) is 0.333. The maximum atomic E-state index is 11.8. The number of fused-ring (bicyclic) bond motifs is 1. The van der Waals surface area contributed by atoms with Crippen molar-refractivity contribution in [2.45, 2.75) is 37.6 Å². The minimum Gasteiger partial charge on any atom is -0.367 e. The molecule has 3 rings (SSSR count). The first-order chi connectivity index (χ1) is 11.0. The van der Waals surface area contributed by atoms with Crippen LogP contribution in [0.3, 0.4) is 0 Å². The number of sulfonamides is 1. The van der Waals surface area contributed by atoms with Gasteiger partial charge in [0, 0.05) is 18.8 Å². The van der Waals surface area contributed by atoms with Crippen LogP contribution in [0, 0.1) is 0 Å². The highest BCUT2D eigenvalue weighted by Gasteiger charge is 2.22. The van der Waals surface area contributed by atoms with Gasteiger partial charge >= 0.3 is 0 Å². The minimum absolute atomic E-state index is 0.223. The van der Waals surface area contributed by atoms with Crippen LogP contribution in [-0.2, 0) is 29.4 Å². The zero-order valence-electron chi connectivity index (χ0n) is 13.3. The Morgan fingerprint density at radius 3 is 2.57 bits per heavy atom. The molecule has 2 aromatic carbocycles. The fourth-order valence-electron chi connectivity index (χ4n) is 3.39. The highest BCUT2D eigenvalue weighted by molar-refractivity contribution is 7.89. The van der Waals surface area contributed by atoms with E-state index in [0.717, 1.165) is 31.4 Å². The van der Waals surface area contributed by atoms with Gasteiger partial charge in [-0.2, -0.15) is 0 Å². The third kappa shape index (κ3) is 3.26. The number of rotatable bonds is 4. The second-order valence-corrected chi connectivity index (χ2v) is 7.49. The highest BCUT2D eigenvalue weighted by atomic mass is 32.2. The summed E-state index contributed by atoms with van der Waals surface area (Å²) in [6.45, 7) is 3.65. The van der Waals surface area contributed by atoms with Crippen molar-refractivity contribution in [2.24, 2.45) is 5.14 Å². The molecule has 4 nitrogen and oxygen atoms in total. The van der Waals surface area contributed by atoms with E-state index in [1.807, 2.05) is 12.1 Å². The molecule has 0 radical (unpaired) electrons. The van der Waals surface area contributed by atoms with Gasteiger partial charge in [-0.1, -0.05) is 43.3 Å². The number of hydrogen-bond acceptors (Lipinski definition) is 3. The van der Waals surface area contributed by atoms with Gasteiger partial charge in [-0.3, -0.25) is 0 Å². The Hall–Kier alpha value is -1.85. The van der Waals surface area contributed by atoms with E-state index in [0.29, 0.717) is 6.54 Å². The Morgan fingerprint density at radius 1 is 1.09 bits per heavy atom. The summed E-state index contributed by atoms with van der Waals surface area (Å²) in [5, 5.41) is 5.37. The first-order valence-corrected chi connectivity index (χ1v) is 9.51. The van der Waals surface area contributed by atoms with E-state index in [9.17, 15) is 8.42 Å². The second kappa shape index (κ2) is 6.34. The van der Waals surface area contributed by atoms with Crippen LogP contribution in [-0.4, -0.2) is 15.0 Å². The standard InChI is InChI=1S/C18H22N2O2S/c1-2-14-8-5-9-15-10-6-12-20(18(14)15)13-16-7-3-4-11-17(16)23(19,21)22/h3-5,7-9,11H,2,6,10,12-13H2,1H3,(H2,19,21,22). The Labute approximate surface area is 138 Å². The Bertz CT molecular complexity index is 801. The maximum Gasteiger partial charge on any atom is 0.238 e. The molecule has 0 atom stereocenters. The van der Waals surface area contributed by atoms with Crippen molar-refractivity contribution in [2.75, 3.05) is 11.4 Å². The Morgan fingerprint density at radius 2 is 1.83 bits per heavy atom. The van der Waals surface area contributed by atoms with Crippen LogP contribution >= 0.6 is 0 Å². The van der Waals surface area contributed by atoms with Crippen molar-refractivity contribution in [3.05, 3.63) is 59.2 Å². The van der Waals surface area contributed by atoms with Crippen molar-refractivity contribution in [3.63, 3.8) is 0 Å². The molecule has 0 spiro atoms. The summed E-state index contributed by atoms with van der Waals surface area (Å²) in [6.07, 6.45) is 3.13. The van der Waals surface area contributed by atoms with Crippen molar-refractivity contribution < 1.29 is 8.42 Å². The summed E-state index contributed by atoms with van der Waals surface area (Å²) in [5.74, 6) is 0. The summed E-state index contributed by atoms with van der Waals surface area (Å²) in [6, 6.07) is 13.4. The summed E-state index contributed by atoms with van der Waals surface area (Å²) in [5.41, 5.74) is 4.69. The summed E-state index contributed by atoms with van der Waals surface area (Å²) in [4.78, 5) is 2.52. The predicted molar refractivity (Wildman–Crippen MR) is 93.0 cm³/mol. The monoisotopic (exact) mass is 330 g/mol. The fourth-order valence-corrected chi connectivity index (χ4v) is 4.15. The van der Waals surface area contributed by atoms with Gasteiger partial charge in [0.1, 0.15) is 0 Å². The van der Waals surface area contributed by atoms with Gasteiger partial charge in [-0.25, -0.2) is 13.6 Å². The van der Waals surface area contributed by atoms with Crippen LogP contribution in [0.15, 0.2) is 47.4 Å². The third-order valence-electron chi connectivity index (χ3n) is 4.41. The average molecular weight is 330 g/mol. The van der Waals surface area contributed by atoms with E-state index in [-0.39, 0.29) is 4.90 Å². The van der Waals surface area contributed by atoms with E-state index in [1.165, 1.54) is 16.8 Å². The van der Waals surface area contributed by atoms with E-state index < -0.39 is 10.0 Å². The van der Waals surface area contributed by atoms with Crippen LogP contribution in [0.4, 0.5) is 5.69 Å². The molecule has 5 heteroatoms. The van der Waals surface area contributed by atoms with E-state index in [4.69, 9.17) is 5.14 Å². The molecular formula is C18H22N2O2S. The summed E-state index contributed by atoms with van der Waals surface area (Å²) < 4.78 is 23.6. The SMILES string of the molecule is CCc1cccc2c1N(Cc1ccccc1S(N)(=O)=O)CCC2. The lowest BCUT2D eigenvalue weighted by atomic mass is 9.96. The average Bonchev–Trinajstić information content (AvgIpc) is 2.54.